The summed E-state index contributed by atoms with van der Waals surface area (Å²) in [7, 11) is 0. The van der Waals surface area contributed by atoms with Crippen LogP contribution in [-0.2, 0) is 4.79 Å². The summed E-state index contributed by atoms with van der Waals surface area (Å²) in [6.45, 7) is 2.95. The first-order valence-corrected chi connectivity index (χ1v) is 6.65. The lowest BCUT2D eigenvalue weighted by molar-refractivity contribution is -0.124. The number of ketones is 1. The molecule has 1 saturated carbocycles. The Kier molecular flexibility index (Phi) is 4.36. The first-order valence-electron chi connectivity index (χ1n) is 6.65. The monoisotopic (exact) mass is 225 g/mol. The molecule has 2 fully saturated rings. The van der Waals surface area contributed by atoms with E-state index in [9.17, 15) is 4.79 Å². The molecular weight excluding hydrogens is 202 g/mol. The van der Waals surface area contributed by atoms with Crippen molar-refractivity contribution in [1.29, 1.82) is 0 Å². The highest BCUT2D eigenvalue weighted by atomic mass is 16.3. The van der Waals surface area contributed by atoms with E-state index < -0.39 is 0 Å². The quantitative estimate of drug-likeness (QED) is 0.787. The summed E-state index contributed by atoms with van der Waals surface area (Å²) in [4.78, 5) is 14.2. The molecule has 92 valence electrons. The Bertz CT molecular complexity index is 228. The number of carbonyl (C=O) groups is 1. The lowest BCUT2D eigenvalue weighted by Crippen LogP contribution is -2.39. The second-order valence-corrected chi connectivity index (χ2v) is 5.35. The second kappa shape index (κ2) is 5.78. The molecular formula is C13H23NO2. The number of carbonyl (C=O) groups excluding carboxylic acids is 1. The van der Waals surface area contributed by atoms with E-state index in [4.69, 9.17) is 5.11 Å². The first-order chi connectivity index (χ1) is 7.79. The van der Waals surface area contributed by atoms with Gasteiger partial charge < -0.3 is 5.11 Å². The Morgan fingerprint density at radius 3 is 2.31 bits per heavy atom. The number of nitrogens with zero attached hydrogens (tertiary/aromatic N) is 1. The van der Waals surface area contributed by atoms with Crippen molar-refractivity contribution in [2.24, 2.45) is 11.8 Å². The van der Waals surface area contributed by atoms with Crippen molar-refractivity contribution >= 4 is 5.78 Å². The third-order valence-corrected chi connectivity index (χ3v) is 4.16. The Morgan fingerprint density at radius 2 is 1.75 bits per heavy atom. The van der Waals surface area contributed by atoms with Crippen molar-refractivity contribution < 1.29 is 9.90 Å². The minimum absolute atomic E-state index is 0.310. The molecule has 0 amide bonds. The van der Waals surface area contributed by atoms with Gasteiger partial charge in [0.2, 0.25) is 0 Å². The average Bonchev–Trinajstić information content (AvgIpc) is 2.83. The molecule has 1 heterocycles. The summed E-state index contributed by atoms with van der Waals surface area (Å²) < 4.78 is 0. The molecule has 2 aliphatic rings. The number of likely N-dealkylation sites (tertiary alicyclic amines) is 1. The molecule has 2 rings (SSSR count). The smallest absolute Gasteiger partial charge is 0.149 e. The average molecular weight is 225 g/mol. The van der Waals surface area contributed by atoms with Gasteiger partial charge in [0.15, 0.2) is 0 Å². The number of hydrogen-bond donors (Lipinski definition) is 1. The number of rotatable bonds is 4. The molecule has 0 unspecified atom stereocenters. The van der Waals surface area contributed by atoms with E-state index in [1.165, 1.54) is 12.8 Å². The molecule has 0 atom stereocenters. The Balaban J connectivity index is 1.71. The van der Waals surface area contributed by atoms with Crippen LogP contribution < -0.4 is 0 Å². The van der Waals surface area contributed by atoms with Gasteiger partial charge in [0, 0.05) is 12.5 Å². The van der Waals surface area contributed by atoms with Gasteiger partial charge in [0.1, 0.15) is 5.78 Å². The van der Waals surface area contributed by atoms with Gasteiger partial charge in [-0.05, 0) is 44.7 Å². The van der Waals surface area contributed by atoms with Crippen LogP contribution in [0.25, 0.3) is 0 Å². The van der Waals surface area contributed by atoms with Crippen molar-refractivity contribution in [1.82, 2.24) is 4.90 Å². The molecule has 0 spiro atoms. The molecule has 1 aliphatic heterocycles. The molecule has 3 heteroatoms. The van der Waals surface area contributed by atoms with E-state index in [1.807, 2.05) is 0 Å². The molecule has 1 aliphatic carbocycles. The van der Waals surface area contributed by atoms with Gasteiger partial charge in [0.05, 0.1) is 6.54 Å². The number of hydrogen-bond acceptors (Lipinski definition) is 3. The predicted octanol–water partition coefficient (Wildman–Crippen LogP) is 1.45. The summed E-state index contributed by atoms with van der Waals surface area (Å²) in [6, 6.07) is 0. The fourth-order valence-corrected chi connectivity index (χ4v) is 2.92. The zero-order valence-corrected chi connectivity index (χ0v) is 10.0. The molecule has 3 nitrogen and oxygen atoms in total. The Hall–Kier alpha value is -0.410. The molecule has 1 saturated heterocycles. The van der Waals surface area contributed by atoms with Crippen LogP contribution in [0, 0.1) is 11.8 Å². The zero-order valence-electron chi connectivity index (χ0n) is 10.0. The maximum atomic E-state index is 12.0. The van der Waals surface area contributed by atoms with Crippen LogP contribution in [0.1, 0.15) is 38.5 Å². The fourth-order valence-electron chi connectivity index (χ4n) is 2.92. The van der Waals surface area contributed by atoms with Crippen LogP contribution in [0.15, 0.2) is 0 Å². The molecule has 1 N–H and O–H groups in total. The molecule has 0 radical (unpaired) electrons. The van der Waals surface area contributed by atoms with Gasteiger partial charge in [-0.1, -0.05) is 12.8 Å². The summed E-state index contributed by atoms with van der Waals surface area (Å²) in [5.41, 5.74) is 0. The van der Waals surface area contributed by atoms with E-state index in [2.05, 4.69) is 4.90 Å². The van der Waals surface area contributed by atoms with Gasteiger partial charge in [-0.15, -0.1) is 0 Å². The zero-order chi connectivity index (χ0) is 11.4. The Labute approximate surface area is 97.8 Å². The highest BCUT2D eigenvalue weighted by Crippen LogP contribution is 2.26. The van der Waals surface area contributed by atoms with Gasteiger partial charge in [-0.25, -0.2) is 0 Å². The third-order valence-electron chi connectivity index (χ3n) is 4.16. The summed E-state index contributed by atoms with van der Waals surface area (Å²) in [6.07, 6.45) is 6.81. The minimum Gasteiger partial charge on any atom is -0.396 e. The van der Waals surface area contributed by atoms with Gasteiger partial charge in [-0.2, -0.15) is 0 Å². The van der Waals surface area contributed by atoms with Crippen molar-refractivity contribution in [3.63, 3.8) is 0 Å². The molecule has 0 bridgehead atoms. The maximum absolute atomic E-state index is 12.0. The van der Waals surface area contributed by atoms with Crippen LogP contribution in [-0.4, -0.2) is 42.0 Å². The van der Waals surface area contributed by atoms with E-state index >= 15 is 0 Å². The number of aliphatic hydroxyl groups is 1. The number of piperidine rings is 1. The van der Waals surface area contributed by atoms with Gasteiger partial charge >= 0.3 is 0 Å². The van der Waals surface area contributed by atoms with Gasteiger partial charge in [0.25, 0.3) is 0 Å². The topological polar surface area (TPSA) is 40.5 Å². The fraction of sp³-hybridized carbons (Fsp3) is 0.923. The molecule has 0 aromatic heterocycles. The summed E-state index contributed by atoms with van der Waals surface area (Å²) in [5, 5.41) is 9.05. The highest BCUT2D eigenvalue weighted by Gasteiger charge is 2.26. The predicted molar refractivity (Wildman–Crippen MR) is 63.2 cm³/mol. The van der Waals surface area contributed by atoms with Crippen LogP contribution in [0.3, 0.4) is 0 Å². The van der Waals surface area contributed by atoms with Crippen molar-refractivity contribution in [2.45, 2.75) is 38.5 Å². The third kappa shape index (κ3) is 3.05. The summed E-state index contributed by atoms with van der Waals surface area (Å²) >= 11 is 0. The van der Waals surface area contributed by atoms with E-state index in [0.29, 0.717) is 30.8 Å². The lowest BCUT2D eigenvalue weighted by Gasteiger charge is -2.31. The second-order valence-electron chi connectivity index (χ2n) is 5.35. The molecule has 0 aromatic carbocycles. The van der Waals surface area contributed by atoms with E-state index in [1.54, 1.807) is 0 Å². The Morgan fingerprint density at radius 1 is 1.12 bits per heavy atom. The minimum atomic E-state index is 0.310. The highest BCUT2D eigenvalue weighted by molar-refractivity contribution is 5.83. The number of Topliss-reactive ketones (excluding diaryl/α,β-unsaturated/α-hetero) is 1. The van der Waals surface area contributed by atoms with Gasteiger partial charge in [-0.3, -0.25) is 9.69 Å². The normalized spacial score (nSPS) is 25.1. The van der Waals surface area contributed by atoms with Crippen molar-refractivity contribution in [3.8, 4) is 0 Å². The van der Waals surface area contributed by atoms with Crippen LogP contribution in [0.5, 0.6) is 0 Å². The standard InChI is InChI=1S/C13H23NO2/c15-10-11-5-7-14(8-6-11)9-13(16)12-3-1-2-4-12/h11-12,15H,1-10H2. The number of aliphatic hydroxyl groups excluding tert-OH is 1. The first kappa shape index (κ1) is 12.1. The van der Waals surface area contributed by atoms with E-state index in [0.717, 1.165) is 38.8 Å². The van der Waals surface area contributed by atoms with Crippen molar-refractivity contribution in [3.05, 3.63) is 0 Å². The summed E-state index contributed by atoms with van der Waals surface area (Å²) in [5.74, 6) is 1.29. The molecule has 0 aromatic rings. The van der Waals surface area contributed by atoms with E-state index in [-0.39, 0.29) is 0 Å². The molecule has 16 heavy (non-hydrogen) atoms. The SMILES string of the molecule is O=C(CN1CCC(CO)CC1)C1CCCC1. The van der Waals surface area contributed by atoms with Crippen molar-refractivity contribution in [2.75, 3.05) is 26.2 Å². The lowest BCUT2D eigenvalue weighted by atomic mass is 9.96. The largest absolute Gasteiger partial charge is 0.396 e. The van der Waals surface area contributed by atoms with Crippen LogP contribution in [0.4, 0.5) is 0 Å². The maximum Gasteiger partial charge on any atom is 0.149 e. The van der Waals surface area contributed by atoms with Crippen LogP contribution in [0.2, 0.25) is 0 Å². The van der Waals surface area contributed by atoms with Crippen LogP contribution >= 0.6 is 0 Å².